The van der Waals surface area contributed by atoms with Crippen LogP contribution in [0.25, 0.3) is 0 Å². The van der Waals surface area contributed by atoms with E-state index in [0.717, 1.165) is 16.1 Å². The molecule has 0 heterocycles. The quantitative estimate of drug-likeness (QED) is 0.622. The van der Waals surface area contributed by atoms with E-state index in [0.29, 0.717) is 0 Å². The molecule has 0 amide bonds. The van der Waals surface area contributed by atoms with Gasteiger partial charge < -0.3 is 9.47 Å². The molecule has 0 aliphatic rings. The van der Waals surface area contributed by atoms with Gasteiger partial charge in [0.05, 0.1) is 20.0 Å². The Balaban J connectivity index is 2.83. The molecular formula is C14H24N2O6S2. The Kier molecular flexibility index (Phi) is 7.61. The van der Waals surface area contributed by atoms with Crippen molar-refractivity contribution >= 4 is 20.0 Å². The van der Waals surface area contributed by atoms with Crippen LogP contribution in [-0.4, -0.2) is 67.9 Å². The van der Waals surface area contributed by atoms with Gasteiger partial charge in [-0.15, -0.1) is 0 Å². The summed E-state index contributed by atoms with van der Waals surface area (Å²) in [5, 5.41) is 0. The summed E-state index contributed by atoms with van der Waals surface area (Å²) in [6.45, 7) is 2.11. The molecule has 1 N–H and O–H groups in total. The highest BCUT2D eigenvalue weighted by Crippen LogP contribution is 2.24. The summed E-state index contributed by atoms with van der Waals surface area (Å²) in [7, 11) is -4.41. The number of hydrogen-bond donors (Lipinski definition) is 1. The van der Waals surface area contributed by atoms with E-state index in [1.54, 1.807) is 19.1 Å². The summed E-state index contributed by atoms with van der Waals surface area (Å²) < 4.78 is 61.7. The van der Waals surface area contributed by atoms with Crippen LogP contribution in [0.5, 0.6) is 5.75 Å². The van der Waals surface area contributed by atoms with Gasteiger partial charge >= 0.3 is 0 Å². The zero-order valence-electron chi connectivity index (χ0n) is 14.3. The highest BCUT2D eigenvalue weighted by atomic mass is 32.2. The number of sulfonamides is 2. The SMILES string of the molecule is COCCN(CCNS(=O)(=O)c1cc(C)ccc1OC)S(C)(=O)=O. The van der Waals surface area contributed by atoms with Crippen LogP contribution >= 0.6 is 0 Å². The van der Waals surface area contributed by atoms with E-state index in [1.807, 2.05) is 0 Å². The average Bonchev–Trinajstić information content (AvgIpc) is 2.49. The molecule has 1 aromatic rings. The van der Waals surface area contributed by atoms with Crippen LogP contribution in [0.2, 0.25) is 0 Å². The van der Waals surface area contributed by atoms with Gasteiger partial charge in [-0.2, -0.15) is 4.31 Å². The van der Waals surface area contributed by atoms with Gasteiger partial charge in [-0.1, -0.05) is 6.07 Å². The van der Waals surface area contributed by atoms with Crippen LogP contribution in [0.4, 0.5) is 0 Å². The maximum absolute atomic E-state index is 12.4. The van der Waals surface area contributed by atoms with Crippen LogP contribution in [0.15, 0.2) is 23.1 Å². The van der Waals surface area contributed by atoms with E-state index in [2.05, 4.69) is 4.72 Å². The van der Waals surface area contributed by atoms with E-state index < -0.39 is 20.0 Å². The Morgan fingerprint density at radius 3 is 2.33 bits per heavy atom. The van der Waals surface area contributed by atoms with Crippen molar-refractivity contribution in [2.24, 2.45) is 0 Å². The molecule has 24 heavy (non-hydrogen) atoms. The van der Waals surface area contributed by atoms with Crippen LogP contribution in [0.1, 0.15) is 5.56 Å². The Morgan fingerprint density at radius 1 is 1.12 bits per heavy atom. The minimum atomic E-state index is -3.81. The van der Waals surface area contributed by atoms with E-state index in [9.17, 15) is 16.8 Å². The standard InChI is InChI=1S/C14H24N2O6S2/c1-12-5-6-13(22-3)14(11-12)24(19,20)15-7-8-16(9-10-21-2)23(4,17)18/h5-6,11,15H,7-10H2,1-4H3. The van der Waals surface area contributed by atoms with Gasteiger partial charge in [0.1, 0.15) is 10.6 Å². The second-order valence-electron chi connectivity index (χ2n) is 5.21. The second-order valence-corrected chi connectivity index (χ2v) is 8.92. The topological polar surface area (TPSA) is 102 Å². The molecule has 138 valence electrons. The fraction of sp³-hybridized carbons (Fsp3) is 0.571. The molecule has 0 aliphatic heterocycles. The number of hydrogen-bond acceptors (Lipinski definition) is 6. The second kappa shape index (κ2) is 8.77. The predicted molar refractivity (Wildman–Crippen MR) is 91.2 cm³/mol. The lowest BCUT2D eigenvalue weighted by Gasteiger charge is -2.20. The molecule has 0 radical (unpaired) electrons. The van der Waals surface area contributed by atoms with Crippen molar-refractivity contribution in [3.8, 4) is 5.75 Å². The van der Waals surface area contributed by atoms with Crippen LogP contribution < -0.4 is 9.46 Å². The summed E-state index contributed by atoms with van der Waals surface area (Å²) in [4.78, 5) is 0.0211. The molecule has 0 aliphatic carbocycles. The van der Waals surface area contributed by atoms with Gasteiger partial charge in [-0.25, -0.2) is 21.6 Å². The largest absolute Gasteiger partial charge is 0.495 e. The lowest BCUT2D eigenvalue weighted by molar-refractivity contribution is 0.179. The van der Waals surface area contributed by atoms with Gasteiger partial charge in [-0.3, -0.25) is 0 Å². The number of methoxy groups -OCH3 is 2. The normalized spacial score (nSPS) is 12.5. The minimum absolute atomic E-state index is 0.00948. The number of nitrogens with one attached hydrogen (secondary N) is 1. The minimum Gasteiger partial charge on any atom is -0.495 e. The summed E-state index contributed by atoms with van der Waals surface area (Å²) in [5.41, 5.74) is 0.772. The maximum atomic E-state index is 12.4. The first kappa shape index (κ1) is 20.8. The third kappa shape index (κ3) is 6.02. The molecule has 0 spiro atoms. The summed E-state index contributed by atoms with van der Waals surface area (Å²) >= 11 is 0. The smallest absolute Gasteiger partial charge is 0.244 e. The van der Waals surface area contributed by atoms with E-state index in [1.165, 1.54) is 20.3 Å². The Labute approximate surface area is 143 Å². The highest BCUT2D eigenvalue weighted by Gasteiger charge is 2.21. The Morgan fingerprint density at radius 2 is 1.79 bits per heavy atom. The number of ether oxygens (including phenoxy) is 2. The average molecular weight is 380 g/mol. The molecule has 0 bridgehead atoms. The van der Waals surface area contributed by atoms with Crippen molar-refractivity contribution in [1.82, 2.24) is 9.03 Å². The monoisotopic (exact) mass is 380 g/mol. The first-order valence-corrected chi connectivity index (χ1v) is 10.5. The third-order valence-electron chi connectivity index (χ3n) is 3.28. The zero-order valence-corrected chi connectivity index (χ0v) is 15.9. The molecule has 0 atom stereocenters. The molecule has 1 rings (SSSR count). The first-order valence-electron chi connectivity index (χ1n) is 7.20. The maximum Gasteiger partial charge on any atom is 0.244 e. The number of nitrogens with zero attached hydrogens (tertiary/aromatic N) is 1. The van der Waals surface area contributed by atoms with E-state index in [4.69, 9.17) is 9.47 Å². The van der Waals surface area contributed by atoms with Gasteiger partial charge in [0.15, 0.2) is 0 Å². The lowest BCUT2D eigenvalue weighted by atomic mass is 10.2. The molecular weight excluding hydrogens is 356 g/mol. The van der Waals surface area contributed by atoms with Gasteiger partial charge in [0.2, 0.25) is 20.0 Å². The molecule has 0 fully saturated rings. The fourth-order valence-corrected chi connectivity index (χ4v) is 4.11. The van der Waals surface area contributed by atoms with Gasteiger partial charge in [-0.05, 0) is 24.6 Å². The lowest BCUT2D eigenvalue weighted by Crippen LogP contribution is -2.39. The molecule has 1 aromatic carbocycles. The van der Waals surface area contributed by atoms with Crippen molar-refractivity contribution in [2.45, 2.75) is 11.8 Å². The molecule has 0 unspecified atom stereocenters. The molecule has 0 saturated heterocycles. The molecule has 0 aromatic heterocycles. The van der Waals surface area contributed by atoms with Crippen LogP contribution in [0, 0.1) is 6.92 Å². The summed E-state index contributed by atoms with van der Waals surface area (Å²) in [6.07, 6.45) is 1.07. The highest BCUT2D eigenvalue weighted by molar-refractivity contribution is 7.89. The molecule has 8 nitrogen and oxygen atoms in total. The number of rotatable bonds is 10. The Bertz CT molecular complexity index is 747. The van der Waals surface area contributed by atoms with Crippen LogP contribution in [0.3, 0.4) is 0 Å². The number of aryl methyl sites for hydroxylation is 1. The van der Waals surface area contributed by atoms with Crippen LogP contribution in [-0.2, 0) is 24.8 Å². The van der Waals surface area contributed by atoms with Crippen molar-refractivity contribution in [1.29, 1.82) is 0 Å². The van der Waals surface area contributed by atoms with E-state index in [-0.39, 0.29) is 36.9 Å². The van der Waals surface area contributed by atoms with E-state index >= 15 is 0 Å². The van der Waals surface area contributed by atoms with Gasteiger partial charge in [0, 0.05) is 26.7 Å². The van der Waals surface area contributed by atoms with Crippen molar-refractivity contribution in [3.05, 3.63) is 23.8 Å². The van der Waals surface area contributed by atoms with Gasteiger partial charge in [0.25, 0.3) is 0 Å². The third-order valence-corrected chi connectivity index (χ3v) is 6.06. The van der Waals surface area contributed by atoms with Crippen molar-refractivity contribution in [2.75, 3.05) is 46.7 Å². The Hall–Kier alpha value is -1.20. The fourth-order valence-electron chi connectivity index (χ4n) is 2.01. The summed E-state index contributed by atoms with van der Waals surface area (Å²) in [6, 6.07) is 4.82. The van der Waals surface area contributed by atoms with Crippen molar-refractivity contribution < 1.29 is 26.3 Å². The van der Waals surface area contributed by atoms with Crippen molar-refractivity contribution in [3.63, 3.8) is 0 Å². The number of benzene rings is 1. The first-order chi connectivity index (χ1) is 11.1. The molecule has 10 heteroatoms. The molecule has 0 saturated carbocycles. The predicted octanol–water partition coefficient (Wildman–Crippen LogP) is 0.190. The summed E-state index contributed by atoms with van der Waals surface area (Å²) in [5.74, 6) is 0.229. The zero-order chi connectivity index (χ0) is 18.4.